The molecule has 5 rings (SSSR count). The van der Waals surface area contributed by atoms with Gasteiger partial charge in [0.1, 0.15) is 5.82 Å². The van der Waals surface area contributed by atoms with Gasteiger partial charge in [-0.2, -0.15) is 5.10 Å². The van der Waals surface area contributed by atoms with Crippen molar-refractivity contribution in [3.8, 4) is 0 Å². The van der Waals surface area contributed by atoms with Crippen molar-refractivity contribution in [2.45, 2.75) is 18.9 Å². The number of pyridine rings is 1. The summed E-state index contributed by atoms with van der Waals surface area (Å²) < 4.78 is 13.3. The number of nitrogens with one attached hydrogen (secondary N) is 2. The maximum absolute atomic E-state index is 13.3. The van der Waals surface area contributed by atoms with Crippen molar-refractivity contribution in [1.29, 1.82) is 0 Å². The summed E-state index contributed by atoms with van der Waals surface area (Å²) in [4.78, 5) is 16.1. The van der Waals surface area contributed by atoms with Crippen molar-refractivity contribution in [2.75, 3.05) is 0 Å². The van der Waals surface area contributed by atoms with Crippen LogP contribution in [0, 0.1) is 5.82 Å². The number of hydrogen-bond donors (Lipinski definition) is 2. The SMILES string of the molecule is O=c1[nH]c2ccc(Cl)cc2c(Cc2ccccc2)c1C1=NNC(c2ccc(F)cc2)C1. The Hall–Kier alpha value is -3.44. The molecule has 0 radical (unpaired) electrons. The van der Waals surface area contributed by atoms with E-state index in [4.69, 9.17) is 11.6 Å². The number of hydrogen-bond acceptors (Lipinski definition) is 3. The molecule has 1 aliphatic rings. The van der Waals surface area contributed by atoms with Crippen molar-refractivity contribution < 1.29 is 4.39 Å². The van der Waals surface area contributed by atoms with Crippen LogP contribution in [0.25, 0.3) is 10.9 Å². The van der Waals surface area contributed by atoms with Gasteiger partial charge in [0.15, 0.2) is 0 Å². The Bertz CT molecular complexity index is 1350. The minimum atomic E-state index is -0.282. The van der Waals surface area contributed by atoms with Crippen LogP contribution in [-0.4, -0.2) is 10.7 Å². The molecule has 0 amide bonds. The lowest BCUT2D eigenvalue weighted by molar-refractivity contribution is 0.607. The van der Waals surface area contributed by atoms with E-state index in [1.807, 2.05) is 42.5 Å². The molecule has 4 nitrogen and oxygen atoms in total. The Morgan fingerprint density at radius 3 is 2.58 bits per heavy atom. The van der Waals surface area contributed by atoms with Crippen LogP contribution in [0.3, 0.4) is 0 Å². The molecule has 3 aromatic carbocycles. The summed E-state index contributed by atoms with van der Waals surface area (Å²) in [5, 5.41) is 6.01. The maximum atomic E-state index is 13.3. The third-order valence-corrected chi connectivity index (χ3v) is 5.86. The molecular formula is C25H19ClFN3O. The molecule has 0 aliphatic carbocycles. The van der Waals surface area contributed by atoms with E-state index in [0.29, 0.717) is 29.1 Å². The number of aromatic nitrogens is 1. The zero-order valence-corrected chi connectivity index (χ0v) is 17.3. The van der Waals surface area contributed by atoms with Gasteiger partial charge in [-0.3, -0.25) is 4.79 Å². The Labute approximate surface area is 183 Å². The number of H-pyrrole nitrogens is 1. The third-order valence-electron chi connectivity index (χ3n) is 5.62. The quantitative estimate of drug-likeness (QED) is 0.457. The summed E-state index contributed by atoms with van der Waals surface area (Å²) >= 11 is 6.30. The van der Waals surface area contributed by atoms with E-state index in [0.717, 1.165) is 27.6 Å². The van der Waals surface area contributed by atoms with Gasteiger partial charge < -0.3 is 10.4 Å². The average Bonchev–Trinajstić information content (AvgIpc) is 3.25. The van der Waals surface area contributed by atoms with Crippen LogP contribution in [-0.2, 0) is 6.42 Å². The monoisotopic (exact) mass is 431 g/mol. The number of aromatic amines is 1. The van der Waals surface area contributed by atoms with Gasteiger partial charge >= 0.3 is 0 Å². The third kappa shape index (κ3) is 3.84. The van der Waals surface area contributed by atoms with E-state index in [1.54, 1.807) is 18.2 Å². The Morgan fingerprint density at radius 2 is 1.81 bits per heavy atom. The molecule has 2 N–H and O–H groups in total. The predicted octanol–water partition coefficient (Wildman–Crippen LogP) is 5.35. The summed E-state index contributed by atoms with van der Waals surface area (Å²) in [6.07, 6.45) is 1.11. The Morgan fingerprint density at radius 1 is 1.03 bits per heavy atom. The fourth-order valence-corrected chi connectivity index (χ4v) is 4.28. The van der Waals surface area contributed by atoms with Crippen molar-refractivity contribution >= 4 is 28.2 Å². The molecule has 0 fully saturated rings. The van der Waals surface area contributed by atoms with Gasteiger partial charge in [-0.15, -0.1) is 0 Å². The van der Waals surface area contributed by atoms with E-state index in [-0.39, 0.29) is 17.4 Å². The number of hydrazone groups is 1. The first kappa shape index (κ1) is 19.5. The largest absolute Gasteiger partial charge is 0.321 e. The van der Waals surface area contributed by atoms with E-state index in [2.05, 4.69) is 15.5 Å². The molecule has 1 atom stereocenters. The fraction of sp³-hybridized carbons (Fsp3) is 0.120. The molecule has 1 aromatic heterocycles. The molecule has 1 unspecified atom stereocenters. The zero-order valence-electron chi connectivity index (χ0n) is 16.5. The molecule has 31 heavy (non-hydrogen) atoms. The molecule has 4 aromatic rings. The van der Waals surface area contributed by atoms with Crippen LogP contribution in [0.5, 0.6) is 0 Å². The second-order valence-electron chi connectivity index (χ2n) is 7.66. The van der Waals surface area contributed by atoms with Crippen LogP contribution < -0.4 is 11.0 Å². The summed E-state index contributed by atoms with van der Waals surface area (Å²) in [5.41, 5.74) is 7.83. The van der Waals surface area contributed by atoms with Crippen LogP contribution in [0.2, 0.25) is 5.02 Å². The van der Waals surface area contributed by atoms with Crippen LogP contribution in [0.4, 0.5) is 4.39 Å². The van der Waals surface area contributed by atoms with Crippen LogP contribution in [0.1, 0.15) is 34.7 Å². The van der Waals surface area contributed by atoms with Crippen molar-refractivity contribution in [2.24, 2.45) is 5.10 Å². The standard InChI is InChI=1S/C25H19ClFN3O/c26-17-8-11-21-19(13-17)20(12-15-4-2-1-3-5-15)24(25(31)28-21)23-14-22(29-30-23)16-6-9-18(27)10-7-16/h1-11,13,22,29H,12,14H2,(H,28,31). The second-order valence-corrected chi connectivity index (χ2v) is 8.09. The van der Waals surface area contributed by atoms with E-state index < -0.39 is 0 Å². The number of fused-ring (bicyclic) bond motifs is 1. The van der Waals surface area contributed by atoms with Gasteiger partial charge in [0.2, 0.25) is 0 Å². The van der Waals surface area contributed by atoms with Crippen molar-refractivity contribution in [1.82, 2.24) is 10.4 Å². The highest BCUT2D eigenvalue weighted by Crippen LogP contribution is 2.29. The maximum Gasteiger partial charge on any atom is 0.257 e. The van der Waals surface area contributed by atoms with Gasteiger partial charge in [0.25, 0.3) is 5.56 Å². The minimum Gasteiger partial charge on any atom is -0.321 e. The summed E-state index contributed by atoms with van der Waals surface area (Å²) in [7, 11) is 0. The molecular weight excluding hydrogens is 413 g/mol. The van der Waals surface area contributed by atoms with Gasteiger partial charge in [-0.25, -0.2) is 4.39 Å². The number of halogens is 2. The van der Waals surface area contributed by atoms with Gasteiger partial charge in [-0.05, 0) is 53.4 Å². The lowest BCUT2D eigenvalue weighted by atomic mass is 9.91. The topological polar surface area (TPSA) is 57.2 Å². The van der Waals surface area contributed by atoms with Gasteiger partial charge in [-0.1, -0.05) is 54.1 Å². The van der Waals surface area contributed by atoms with E-state index in [9.17, 15) is 9.18 Å². The second kappa shape index (κ2) is 8.00. The molecule has 0 saturated carbocycles. The van der Waals surface area contributed by atoms with Crippen molar-refractivity contribution in [3.63, 3.8) is 0 Å². The van der Waals surface area contributed by atoms with Gasteiger partial charge in [0.05, 0.1) is 17.3 Å². The lowest BCUT2D eigenvalue weighted by Crippen LogP contribution is -2.21. The summed E-state index contributed by atoms with van der Waals surface area (Å²) in [6.45, 7) is 0. The zero-order chi connectivity index (χ0) is 21.4. The highest BCUT2D eigenvalue weighted by Gasteiger charge is 2.26. The van der Waals surface area contributed by atoms with E-state index >= 15 is 0 Å². The first-order chi connectivity index (χ1) is 15.1. The Kier molecular flexibility index (Phi) is 5.04. The average molecular weight is 432 g/mol. The smallest absolute Gasteiger partial charge is 0.257 e. The number of benzene rings is 3. The normalized spacial score (nSPS) is 15.7. The molecule has 6 heteroatoms. The minimum absolute atomic E-state index is 0.116. The summed E-state index contributed by atoms with van der Waals surface area (Å²) in [5.74, 6) is -0.282. The van der Waals surface area contributed by atoms with Crippen LogP contribution >= 0.6 is 11.6 Å². The van der Waals surface area contributed by atoms with Crippen LogP contribution in [0.15, 0.2) is 82.7 Å². The first-order valence-electron chi connectivity index (χ1n) is 10.0. The molecule has 2 heterocycles. The van der Waals surface area contributed by atoms with Crippen molar-refractivity contribution in [3.05, 3.63) is 116 Å². The molecule has 154 valence electrons. The van der Waals surface area contributed by atoms with E-state index in [1.165, 1.54) is 12.1 Å². The summed E-state index contributed by atoms with van der Waals surface area (Å²) in [6, 6.07) is 21.7. The van der Waals surface area contributed by atoms with Gasteiger partial charge in [0, 0.05) is 22.3 Å². The Balaban J connectivity index is 1.61. The predicted molar refractivity (Wildman–Crippen MR) is 122 cm³/mol. The fourth-order valence-electron chi connectivity index (χ4n) is 4.11. The lowest BCUT2D eigenvalue weighted by Gasteiger charge is -2.14. The highest BCUT2D eigenvalue weighted by atomic mass is 35.5. The number of rotatable bonds is 4. The molecule has 1 aliphatic heterocycles. The molecule has 0 saturated heterocycles. The molecule has 0 spiro atoms. The molecule has 0 bridgehead atoms. The number of nitrogens with zero attached hydrogens (tertiary/aromatic N) is 1. The highest BCUT2D eigenvalue weighted by molar-refractivity contribution is 6.31. The first-order valence-corrected chi connectivity index (χ1v) is 10.4.